The van der Waals surface area contributed by atoms with Gasteiger partial charge in [-0.15, -0.1) is 11.8 Å². The van der Waals surface area contributed by atoms with Gasteiger partial charge in [-0.25, -0.2) is 4.39 Å². The zero-order valence-electron chi connectivity index (χ0n) is 13.3. The summed E-state index contributed by atoms with van der Waals surface area (Å²) in [6.07, 6.45) is 0. The number of carbonyl (C=O) groups is 2. The van der Waals surface area contributed by atoms with Crippen LogP contribution in [0.5, 0.6) is 0 Å². The average Bonchev–Trinajstić information content (AvgIpc) is 2.60. The van der Waals surface area contributed by atoms with Crippen LogP contribution in [-0.2, 0) is 11.3 Å². The summed E-state index contributed by atoms with van der Waals surface area (Å²) in [6.45, 7) is 2.85. The quantitative estimate of drug-likeness (QED) is 0.758. The highest BCUT2D eigenvalue weighted by Crippen LogP contribution is 2.17. The molecule has 24 heavy (non-hydrogen) atoms. The van der Waals surface area contributed by atoms with Crippen LogP contribution in [0.25, 0.3) is 0 Å². The van der Waals surface area contributed by atoms with E-state index >= 15 is 0 Å². The number of hydrogen-bond donors (Lipinski definition) is 2. The first kappa shape index (κ1) is 18.0. The topological polar surface area (TPSA) is 58.2 Å². The Morgan fingerprint density at radius 3 is 2.29 bits per heavy atom. The van der Waals surface area contributed by atoms with Crippen molar-refractivity contribution in [1.82, 2.24) is 10.6 Å². The highest BCUT2D eigenvalue weighted by atomic mass is 32.2. The molecule has 0 unspecified atom stereocenters. The van der Waals surface area contributed by atoms with Gasteiger partial charge in [-0.2, -0.15) is 0 Å². The van der Waals surface area contributed by atoms with Crippen molar-refractivity contribution in [3.8, 4) is 0 Å². The summed E-state index contributed by atoms with van der Waals surface area (Å²) in [6, 6.07) is 13.1. The number of thioether (sulfide) groups is 1. The molecular formula is C18H19FN2O2S. The summed E-state index contributed by atoms with van der Waals surface area (Å²) >= 11 is 1.35. The molecule has 0 atom stereocenters. The molecule has 0 saturated heterocycles. The Balaban J connectivity index is 1.77. The SMILES string of the molecule is CCNC(=O)c1ccc(CNC(=O)CSc2ccc(F)cc2)cc1. The van der Waals surface area contributed by atoms with Gasteiger partial charge in [0.1, 0.15) is 5.82 Å². The Labute approximate surface area is 144 Å². The summed E-state index contributed by atoms with van der Waals surface area (Å²) in [4.78, 5) is 24.3. The first-order chi connectivity index (χ1) is 11.6. The van der Waals surface area contributed by atoms with Gasteiger partial charge >= 0.3 is 0 Å². The van der Waals surface area contributed by atoms with Crippen LogP contribution in [0, 0.1) is 5.82 Å². The average molecular weight is 346 g/mol. The van der Waals surface area contributed by atoms with Crippen LogP contribution >= 0.6 is 11.8 Å². The minimum Gasteiger partial charge on any atom is -0.352 e. The van der Waals surface area contributed by atoms with Crippen LogP contribution in [-0.4, -0.2) is 24.1 Å². The van der Waals surface area contributed by atoms with Crippen molar-refractivity contribution < 1.29 is 14.0 Å². The van der Waals surface area contributed by atoms with E-state index in [0.717, 1.165) is 10.5 Å². The second-order valence-corrected chi connectivity index (χ2v) is 6.12. The van der Waals surface area contributed by atoms with Crippen molar-refractivity contribution in [3.05, 3.63) is 65.5 Å². The first-order valence-electron chi connectivity index (χ1n) is 7.60. The molecule has 2 rings (SSSR count). The minimum atomic E-state index is -0.292. The molecule has 0 aliphatic carbocycles. The van der Waals surface area contributed by atoms with Gasteiger partial charge in [0.05, 0.1) is 5.75 Å². The third-order valence-corrected chi connectivity index (χ3v) is 4.24. The number of halogens is 1. The van der Waals surface area contributed by atoms with Crippen molar-refractivity contribution in [2.75, 3.05) is 12.3 Å². The fourth-order valence-electron chi connectivity index (χ4n) is 1.97. The summed E-state index contributed by atoms with van der Waals surface area (Å²) in [7, 11) is 0. The van der Waals surface area contributed by atoms with E-state index in [1.165, 1.54) is 23.9 Å². The zero-order chi connectivity index (χ0) is 17.4. The smallest absolute Gasteiger partial charge is 0.251 e. The highest BCUT2D eigenvalue weighted by molar-refractivity contribution is 8.00. The Kier molecular flexibility index (Phi) is 6.81. The molecule has 0 spiro atoms. The third kappa shape index (κ3) is 5.70. The van der Waals surface area contributed by atoms with Crippen molar-refractivity contribution in [2.45, 2.75) is 18.4 Å². The maximum absolute atomic E-state index is 12.8. The molecule has 0 saturated carbocycles. The predicted molar refractivity (Wildman–Crippen MR) is 93.4 cm³/mol. The van der Waals surface area contributed by atoms with E-state index in [-0.39, 0.29) is 23.4 Å². The molecule has 0 bridgehead atoms. The lowest BCUT2D eigenvalue weighted by Gasteiger charge is -2.07. The number of carbonyl (C=O) groups excluding carboxylic acids is 2. The monoisotopic (exact) mass is 346 g/mol. The molecule has 2 amide bonds. The van der Waals surface area contributed by atoms with Gasteiger partial charge in [0.2, 0.25) is 5.91 Å². The second kappa shape index (κ2) is 9.08. The number of hydrogen-bond acceptors (Lipinski definition) is 3. The molecule has 0 aliphatic rings. The van der Waals surface area contributed by atoms with E-state index in [9.17, 15) is 14.0 Å². The molecule has 0 heterocycles. The molecule has 2 N–H and O–H groups in total. The Morgan fingerprint density at radius 2 is 1.67 bits per heavy atom. The van der Waals surface area contributed by atoms with E-state index in [1.807, 2.05) is 19.1 Å². The maximum Gasteiger partial charge on any atom is 0.251 e. The number of rotatable bonds is 7. The molecule has 0 radical (unpaired) electrons. The fourth-order valence-corrected chi connectivity index (χ4v) is 2.70. The van der Waals surface area contributed by atoms with Crippen LogP contribution in [0.4, 0.5) is 4.39 Å². The summed E-state index contributed by atoms with van der Waals surface area (Å²) in [5.74, 6) is -0.233. The minimum absolute atomic E-state index is 0.0999. The molecule has 2 aromatic carbocycles. The van der Waals surface area contributed by atoms with Crippen LogP contribution in [0.1, 0.15) is 22.8 Å². The van der Waals surface area contributed by atoms with E-state index in [2.05, 4.69) is 10.6 Å². The van der Waals surface area contributed by atoms with Gasteiger partial charge in [-0.05, 0) is 48.9 Å². The molecule has 126 valence electrons. The van der Waals surface area contributed by atoms with Gasteiger partial charge in [0.15, 0.2) is 0 Å². The lowest BCUT2D eigenvalue weighted by molar-refractivity contribution is -0.118. The lowest BCUT2D eigenvalue weighted by Crippen LogP contribution is -2.25. The molecule has 4 nitrogen and oxygen atoms in total. The number of nitrogens with one attached hydrogen (secondary N) is 2. The molecular weight excluding hydrogens is 327 g/mol. The predicted octanol–water partition coefficient (Wildman–Crippen LogP) is 2.98. The molecule has 0 fully saturated rings. The summed E-state index contributed by atoms with van der Waals surface area (Å²) in [5, 5.41) is 5.55. The summed E-state index contributed by atoms with van der Waals surface area (Å²) in [5.41, 5.74) is 1.52. The van der Waals surface area contributed by atoms with Crippen LogP contribution in [0.2, 0.25) is 0 Å². The third-order valence-electron chi connectivity index (χ3n) is 3.23. The van der Waals surface area contributed by atoms with Crippen molar-refractivity contribution in [3.63, 3.8) is 0 Å². The summed E-state index contributed by atoms with van der Waals surface area (Å²) < 4.78 is 12.8. The normalized spacial score (nSPS) is 10.2. The van der Waals surface area contributed by atoms with Crippen LogP contribution < -0.4 is 10.6 Å². The lowest BCUT2D eigenvalue weighted by atomic mass is 10.1. The van der Waals surface area contributed by atoms with Gasteiger partial charge in [0.25, 0.3) is 5.91 Å². The van der Waals surface area contributed by atoms with Gasteiger partial charge in [0, 0.05) is 23.5 Å². The fraction of sp³-hybridized carbons (Fsp3) is 0.222. The van der Waals surface area contributed by atoms with E-state index in [0.29, 0.717) is 18.7 Å². The Morgan fingerprint density at radius 1 is 1.00 bits per heavy atom. The maximum atomic E-state index is 12.8. The van der Waals surface area contributed by atoms with E-state index < -0.39 is 0 Å². The van der Waals surface area contributed by atoms with Gasteiger partial charge in [-0.3, -0.25) is 9.59 Å². The Hall–Kier alpha value is -2.34. The van der Waals surface area contributed by atoms with E-state index in [1.54, 1.807) is 24.3 Å². The largest absolute Gasteiger partial charge is 0.352 e. The standard InChI is InChI=1S/C18H19FN2O2S/c1-2-20-18(23)14-5-3-13(4-6-14)11-21-17(22)12-24-16-9-7-15(19)8-10-16/h3-10H,2,11-12H2,1H3,(H,20,23)(H,21,22). The van der Waals surface area contributed by atoms with Gasteiger partial charge < -0.3 is 10.6 Å². The van der Waals surface area contributed by atoms with Crippen LogP contribution in [0.3, 0.4) is 0 Å². The number of amides is 2. The highest BCUT2D eigenvalue weighted by Gasteiger charge is 2.05. The molecule has 6 heteroatoms. The molecule has 0 aromatic heterocycles. The van der Waals surface area contributed by atoms with Gasteiger partial charge in [-0.1, -0.05) is 12.1 Å². The van der Waals surface area contributed by atoms with Crippen molar-refractivity contribution in [2.24, 2.45) is 0 Å². The molecule has 0 aliphatic heterocycles. The molecule has 2 aromatic rings. The first-order valence-corrected chi connectivity index (χ1v) is 8.59. The van der Waals surface area contributed by atoms with Crippen molar-refractivity contribution in [1.29, 1.82) is 0 Å². The Bertz CT molecular complexity index is 687. The van der Waals surface area contributed by atoms with Crippen molar-refractivity contribution >= 4 is 23.6 Å². The number of benzene rings is 2. The van der Waals surface area contributed by atoms with Crippen LogP contribution in [0.15, 0.2) is 53.4 Å². The zero-order valence-corrected chi connectivity index (χ0v) is 14.2. The second-order valence-electron chi connectivity index (χ2n) is 5.08. The van der Waals surface area contributed by atoms with E-state index in [4.69, 9.17) is 0 Å².